The number of carbonyl (C=O) groups excluding carboxylic acids is 1. The van der Waals surface area contributed by atoms with Gasteiger partial charge in [0, 0.05) is 13.1 Å². The number of rotatable bonds is 4. The molecule has 0 saturated heterocycles. The van der Waals surface area contributed by atoms with Gasteiger partial charge < -0.3 is 15.6 Å². The highest BCUT2D eigenvalue weighted by molar-refractivity contribution is 5.95. The van der Waals surface area contributed by atoms with Crippen LogP contribution < -0.4 is 11.1 Å². The topological polar surface area (TPSA) is 81.2 Å². The fourth-order valence-corrected chi connectivity index (χ4v) is 1.87. The first-order valence-corrected chi connectivity index (χ1v) is 6.10. The maximum Gasteiger partial charge on any atom is 0.257 e. The summed E-state index contributed by atoms with van der Waals surface area (Å²) in [5.74, 6) is 0.368. The summed E-state index contributed by atoms with van der Waals surface area (Å²) in [6.45, 7) is 4.46. The quantitative estimate of drug-likeness (QED) is 0.875. The third-order valence-corrected chi connectivity index (χ3v) is 2.97. The minimum Gasteiger partial charge on any atom is -0.361 e. The molecule has 5 nitrogen and oxygen atoms in total. The van der Waals surface area contributed by atoms with E-state index >= 15 is 0 Å². The van der Waals surface area contributed by atoms with Gasteiger partial charge in [-0.25, -0.2) is 0 Å². The standard InChI is InChI=1S/C14H17N3O2/c1-9-13(10(2)19-17-9)14(18)16-8-12-5-3-11(7-15)4-6-12/h3-6H,7-8,15H2,1-2H3,(H,16,18). The van der Waals surface area contributed by atoms with Gasteiger partial charge in [0.05, 0.1) is 5.69 Å². The van der Waals surface area contributed by atoms with E-state index in [4.69, 9.17) is 10.3 Å². The van der Waals surface area contributed by atoms with Crippen LogP contribution in [0.4, 0.5) is 0 Å². The SMILES string of the molecule is Cc1noc(C)c1C(=O)NCc1ccc(CN)cc1. The number of aryl methyl sites for hydroxylation is 2. The number of hydrogen-bond acceptors (Lipinski definition) is 4. The van der Waals surface area contributed by atoms with Gasteiger partial charge in [0.1, 0.15) is 11.3 Å². The van der Waals surface area contributed by atoms with Crippen molar-refractivity contribution in [3.63, 3.8) is 0 Å². The first-order valence-electron chi connectivity index (χ1n) is 6.10. The predicted octanol–water partition coefficient (Wildman–Crippen LogP) is 1.68. The molecular weight excluding hydrogens is 242 g/mol. The Kier molecular flexibility index (Phi) is 3.97. The van der Waals surface area contributed by atoms with Gasteiger partial charge >= 0.3 is 0 Å². The van der Waals surface area contributed by atoms with Crippen molar-refractivity contribution >= 4 is 5.91 Å². The average Bonchev–Trinajstić information content (AvgIpc) is 2.76. The molecule has 0 unspecified atom stereocenters. The van der Waals surface area contributed by atoms with Crippen molar-refractivity contribution in [2.75, 3.05) is 0 Å². The third kappa shape index (κ3) is 3.00. The van der Waals surface area contributed by atoms with Crippen molar-refractivity contribution in [2.45, 2.75) is 26.9 Å². The van der Waals surface area contributed by atoms with E-state index in [-0.39, 0.29) is 5.91 Å². The molecule has 100 valence electrons. The average molecular weight is 259 g/mol. The summed E-state index contributed by atoms with van der Waals surface area (Å²) in [4.78, 5) is 12.0. The molecule has 0 aliphatic carbocycles. The van der Waals surface area contributed by atoms with Crippen LogP contribution >= 0.6 is 0 Å². The molecule has 0 spiro atoms. The lowest BCUT2D eigenvalue weighted by atomic mass is 10.1. The van der Waals surface area contributed by atoms with Crippen LogP contribution in [-0.2, 0) is 13.1 Å². The van der Waals surface area contributed by atoms with E-state index in [0.29, 0.717) is 30.1 Å². The van der Waals surface area contributed by atoms with E-state index in [1.807, 2.05) is 24.3 Å². The zero-order valence-electron chi connectivity index (χ0n) is 11.1. The number of amides is 1. The zero-order valence-corrected chi connectivity index (χ0v) is 11.1. The van der Waals surface area contributed by atoms with Crippen LogP contribution in [-0.4, -0.2) is 11.1 Å². The molecule has 0 bridgehead atoms. The van der Waals surface area contributed by atoms with Crippen LogP contribution in [0.2, 0.25) is 0 Å². The fraction of sp³-hybridized carbons (Fsp3) is 0.286. The Balaban J connectivity index is 2.00. The minimum atomic E-state index is -0.167. The number of nitrogens with zero attached hydrogens (tertiary/aromatic N) is 1. The van der Waals surface area contributed by atoms with E-state index in [1.165, 1.54) is 0 Å². The van der Waals surface area contributed by atoms with Crippen LogP contribution in [0.5, 0.6) is 0 Å². The van der Waals surface area contributed by atoms with Crippen molar-refractivity contribution in [1.29, 1.82) is 0 Å². The van der Waals surface area contributed by atoms with Gasteiger partial charge in [-0.1, -0.05) is 29.4 Å². The molecule has 0 saturated carbocycles. The number of nitrogens with one attached hydrogen (secondary N) is 1. The molecule has 2 rings (SSSR count). The summed E-state index contributed by atoms with van der Waals surface area (Å²) in [6, 6.07) is 7.82. The van der Waals surface area contributed by atoms with Gasteiger partial charge in [0.25, 0.3) is 5.91 Å². The van der Waals surface area contributed by atoms with E-state index < -0.39 is 0 Å². The van der Waals surface area contributed by atoms with Crippen LogP contribution in [0.1, 0.15) is 32.9 Å². The molecule has 1 aromatic heterocycles. The maximum absolute atomic E-state index is 12.0. The number of carbonyl (C=O) groups is 1. The van der Waals surface area contributed by atoms with Crippen molar-refractivity contribution in [1.82, 2.24) is 10.5 Å². The molecule has 0 aliphatic rings. The first-order chi connectivity index (χ1) is 9.11. The van der Waals surface area contributed by atoms with Crippen LogP contribution in [0.15, 0.2) is 28.8 Å². The summed E-state index contributed by atoms with van der Waals surface area (Å²) in [6.07, 6.45) is 0. The van der Waals surface area contributed by atoms with Crippen molar-refractivity contribution in [2.24, 2.45) is 5.73 Å². The molecule has 0 fully saturated rings. The lowest BCUT2D eigenvalue weighted by Crippen LogP contribution is -2.23. The second-order valence-electron chi connectivity index (χ2n) is 4.40. The molecule has 19 heavy (non-hydrogen) atoms. The van der Waals surface area contributed by atoms with Gasteiger partial charge in [-0.05, 0) is 25.0 Å². The highest BCUT2D eigenvalue weighted by Gasteiger charge is 2.16. The van der Waals surface area contributed by atoms with E-state index in [1.54, 1.807) is 13.8 Å². The van der Waals surface area contributed by atoms with Crippen molar-refractivity contribution < 1.29 is 9.32 Å². The lowest BCUT2D eigenvalue weighted by Gasteiger charge is -2.05. The maximum atomic E-state index is 12.0. The Morgan fingerprint density at radius 2 is 1.89 bits per heavy atom. The van der Waals surface area contributed by atoms with Crippen LogP contribution in [0, 0.1) is 13.8 Å². The highest BCUT2D eigenvalue weighted by atomic mass is 16.5. The molecule has 1 amide bonds. The Bertz CT molecular complexity index is 553. The molecule has 3 N–H and O–H groups in total. The Labute approximate surface area is 111 Å². The highest BCUT2D eigenvalue weighted by Crippen LogP contribution is 2.12. The largest absolute Gasteiger partial charge is 0.361 e. The Hall–Kier alpha value is -2.14. The second-order valence-corrected chi connectivity index (χ2v) is 4.40. The summed E-state index contributed by atoms with van der Waals surface area (Å²) in [5.41, 5.74) is 8.75. The Morgan fingerprint density at radius 1 is 1.26 bits per heavy atom. The van der Waals surface area contributed by atoms with Crippen molar-refractivity contribution in [3.05, 3.63) is 52.4 Å². The first kappa shape index (κ1) is 13.3. The predicted molar refractivity (Wildman–Crippen MR) is 71.5 cm³/mol. The molecule has 1 aromatic carbocycles. The molecular formula is C14H17N3O2. The lowest BCUT2D eigenvalue weighted by molar-refractivity contribution is 0.0949. The molecule has 1 heterocycles. The number of nitrogens with two attached hydrogens (primary N) is 1. The van der Waals surface area contributed by atoms with Gasteiger partial charge in [-0.2, -0.15) is 0 Å². The number of aromatic nitrogens is 1. The van der Waals surface area contributed by atoms with E-state index in [2.05, 4.69) is 10.5 Å². The van der Waals surface area contributed by atoms with Gasteiger partial charge in [0.15, 0.2) is 0 Å². The molecule has 5 heteroatoms. The fourth-order valence-electron chi connectivity index (χ4n) is 1.87. The summed E-state index contributed by atoms with van der Waals surface area (Å²) in [7, 11) is 0. The number of hydrogen-bond donors (Lipinski definition) is 2. The van der Waals surface area contributed by atoms with Gasteiger partial charge in [-0.15, -0.1) is 0 Å². The monoisotopic (exact) mass is 259 g/mol. The summed E-state index contributed by atoms with van der Waals surface area (Å²) in [5, 5.41) is 6.62. The van der Waals surface area contributed by atoms with Gasteiger partial charge in [0.2, 0.25) is 0 Å². The molecule has 0 atom stereocenters. The van der Waals surface area contributed by atoms with E-state index in [0.717, 1.165) is 11.1 Å². The summed E-state index contributed by atoms with van der Waals surface area (Å²) >= 11 is 0. The normalized spacial score (nSPS) is 10.5. The van der Waals surface area contributed by atoms with Crippen LogP contribution in [0.3, 0.4) is 0 Å². The van der Waals surface area contributed by atoms with Gasteiger partial charge in [-0.3, -0.25) is 4.79 Å². The van der Waals surface area contributed by atoms with E-state index in [9.17, 15) is 4.79 Å². The van der Waals surface area contributed by atoms with Crippen molar-refractivity contribution in [3.8, 4) is 0 Å². The van der Waals surface area contributed by atoms with Crippen LogP contribution in [0.25, 0.3) is 0 Å². The molecule has 0 radical (unpaired) electrons. The Morgan fingerprint density at radius 3 is 2.42 bits per heavy atom. The smallest absolute Gasteiger partial charge is 0.257 e. The second kappa shape index (κ2) is 5.67. The molecule has 2 aromatic rings. The third-order valence-electron chi connectivity index (χ3n) is 2.97. The zero-order chi connectivity index (χ0) is 13.8. The molecule has 0 aliphatic heterocycles. The summed E-state index contributed by atoms with van der Waals surface area (Å²) < 4.78 is 4.97. The number of benzene rings is 1. The minimum absolute atomic E-state index is 0.167.